The maximum atomic E-state index is 12.7. The third kappa shape index (κ3) is 4.50. The second-order valence-corrected chi connectivity index (χ2v) is 8.01. The van der Waals surface area contributed by atoms with Crippen molar-refractivity contribution in [3.63, 3.8) is 0 Å². The number of anilines is 1. The van der Waals surface area contributed by atoms with E-state index >= 15 is 0 Å². The molecule has 0 aliphatic carbocycles. The molecule has 3 aromatic rings. The highest BCUT2D eigenvalue weighted by Gasteiger charge is 2.27. The molecule has 1 aliphatic heterocycles. The first kappa shape index (κ1) is 20.4. The first-order chi connectivity index (χ1) is 14.5. The molecule has 4 rings (SSSR count). The van der Waals surface area contributed by atoms with E-state index < -0.39 is 0 Å². The van der Waals surface area contributed by atoms with Crippen LogP contribution in [0.1, 0.15) is 18.4 Å². The molecular formula is C23H24ClN3O3. The van der Waals surface area contributed by atoms with E-state index in [9.17, 15) is 9.90 Å². The van der Waals surface area contributed by atoms with Gasteiger partial charge in [0.25, 0.3) is 0 Å². The number of piperidine rings is 1. The smallest absolute Gasteiger partial charge is 0.229 e. The number of rotatable bonds is 5. The standard InChI is InChI=1S/C23H24ClN3O3/c1-30-18-7-4-15-5-8-21(28)20(19(15)11-18)14-27-10-2-3-16(13-27)23(29)26-22-9-6-17(24)12-25-22/h4-9,11-12,16,28H,2-3,10,13-14H2,1H3,(H,25,26,29). The summed E-state index contributed by atoms with van der Waals surface area (Å²) in [6.45, 7) is 2.07. The minimum atomic E-state index is -0.136. The highest BCUT2D eigenvalue weighted by atomic mass is 35.5. The average molecular weight is 426 g/mol. The fourth-order valence-corrected chi connectivity index (χ4v) is 4.07. The number of aromatic hydroxyl groups is 1. The number of methoxy groups -OCH3 is 1. The zero-order valence-electron chi connectivity index (χ0n) is 16.8. The second-order valence-electron chi connectivity index (χ2n) is 7.58. The number of fused-ring (bicyclic) bond motifs is 1. The summed E-state index contributed by atoms with van der Waals surface area (Å²) in [7, 11) is 1.63. The molecule has 2 heterocycles. The molecule has 0 saturated carbocycles. The maximum absolute atomic E-state index is 12.7. The van der Waals surface area contributed by atoms with Gasteiger partial charge in [0.2, 0.25) is 5.91 Å². The van der Waals surface area contributed by atoms with Crippen molar-refractivity contribution in [2.45, 2.75) is 19.4 Å². The van der Waals surface area contributed by atoms with Crippen molar-refractivity contribution in [3.8, 4) is 11.5 Å². The number of amides is 1. The number of benzene rings is 2. The molecule has 1 saturated heterocycles. The number of ether oxygens (including phenoxy) is 1. The molecule has 2 aromatic carbocycles. The number of hydrogen-bond donors (Lipinski definition) is 2. The predicted molar refractivity (Wildman–Crippen MR) is 118 cm³/mol. The lowest BCUT2D eigenvalue weighted by atomic mass is 9.95. The van der Waals surface area contributed by atoms with Gasteiger partial charge >= 0.3 is 0 Å². The number of aromatic nitrogens is 1. The van der Waals surface area contributed by atoms with Crippen LogP contribution in [0.2, 0.25) is 5.02 Å². The SMILES string of the molecule is COc1ccc2ccc(O)c(CN3CCCC(C(=O)Nc4ccc(Cl)cn4)C3)c2c1. The fraction of sp³-hybridized carbons (Fsp3) is 0.304. The van der Waals surface area contributed by atoms with Crippen molar-refractivity contribution < 1.29 is 14.6 Å². The number of nitrogens with zero attached hydrogens (tertiary/aromatic N) is 2. The highest BCUT2D eigenvalue weighted by molar-refractivity contribution is 6.30. The molecule has 30 heavy (non-hydrogen) atoms. The molecule has 156 valence electrons. The summed E-state index contributed by atoms with van der Waals surface area (Å²) in [5, 5.41) is 15.9. The first-order valence-electron chi connectivity index (χ1n) is 9.97. The third-order valence-corrected chi connectivity index (χ3v) is 5.78. The molecule has 0 bridgehead atoms. The van der Waals surface area contributed by atoms with Gasteiger partial charge in [-0.15, -0.1) is 0 Å². The number of hydrogen-bond acceptors (Lipinski definition) is 5. The lowest BCUT2D eigenvalue weighted by molar-refractivity contribution is -0.121. The van der Waals surface area contributed by atoms with Gasteiger partial charge < -0.3 is 15.2 Å². The van der Waals surface area contributed by atoms with E-state index in [1.807, 2.05) is 24.3 Å². The number of phenolic OH excluding ortho intramolecular Hbond substituents is 1. The summed E-state index contributed by atoms with van der Waals surface area (Å²) < 4.78 is 5.36. The predicted octanol–water partition coefficient (Wildman–Crippen LogP) is 4.45. The van der Waals surface area contributed by atoms with E-state index in [2.05, 4.69) is 15.2 Å². The summed E-state index contributed by atoms with van der Waals surface area (Å²) in [5.74, 6) is 1.33. The van der Waals surface area contributed by atoms with Crippen LogP contribution in [-0.2, 0) is 11.3 Å². The van der Waals surface area contributed by atoms with Gasteiger partial charge in [0.05, 0.1) is 18.1 Å². The van der Waals surface area contributed by atoms with Gasteiger partial charge in [-0.25, -0.2) is 4.98 Å². The zero-order valence-corrected chi connectivity index (χ0v) is 17.5. The van der Waals surface area contributed by atoms with Crippen LogP contribution in [0.4, 0.5) is 5.82 Å². The summed E-state index contributed by atoms with van der Waals surface area (Å²) in [5.41, 5.74) is 0.854. The Bertz CT molecular complexity index is 1060. The van der Waals surface area contributed by atoms with Crippen molar-refractivity contribution in [1.29, 1.82) is 0 Å². The quantitative estimate of drug-likeness (QED) is 0.631. The molecule has 1 aromatic heterocycles. The second kappa shape index (κ2) is 8.90. The molecule has 7 heteroatoms. The zero-order chi connectivity index (χ0) is 21.1. The molecule has 0 radical (unpaired) electrons. The molecule has 1 unspecified atom stereocenters. The van der Waals surface area contributed by atoms with Crippen LogP contribution in [0.3, 0.4) is 0 Å². The van der Waals surface area contributed by atoms with Crippen LogP contribution in [0.15, 0.2) is 48.7 Å². The Morgan fingerprint density at radius 3 is 2.90 bits per heavy atom. The Labute approximate surface area is 180 Å². The normalized spacial score (nSPS) is 17.1. The molecule has 1 amide bonds. The first-order valence-corrected chi connectivity index (χ1v) is 10.3. The summed E-state index contributed by atoms with van der Waals surface area (Å²) in [6.07, 6.45) is 3.26. The van der Waals surface area contributed by atoms with Gasteiger partial charge in [0.1, 0.15) is 17.3 Å². The van der Waals surface area contributed by atoms with E-state index in [1.54, 1.807) is 25.3 Å². The molecule has 0 spiro atoms. The lowest BCUT2D eigenvalue weighted by Gasteiger charge is -2.32. The van der Waals surface area contributed by atoms with Crippen LogP contribution < -0.4 is 10.1 Å². The maximum Gasteiger partial charge on any atom is 0.229 e. The van der Waals surface area contributed by atoms with E-state index in [-0.39, 0.29) is 17.6 Å². The average Bonchev–Trinajstić information content (AvgIpc) is 2.77. The number of carbonyl (C=O) groups excluding carboxylic acids is 1. The Morgan fingerprint density at radius 2 is 2.13 bits per heavy atom. The fourth-order valence-electron chi connectivity index (χ4n) is 3.96. The van der Waals surface area contributed by atoms with Crippen molar-refractivity contribution in [3.05, 3.63) is 59.2 Å². The van der Waals surface area contributed by atoms with Gasteiger partial charge in [0, 0.05) is 24.8 Å². The van der Waals surface area contributed by atoms with Crippen LogP contribution in [0.5, 0.6) is 11.5 Å². The number of pyridine rings is 1. The largest absolute Gasteiger partial charge is 0.508 e. The molecule has 1 aliphatic rings. The van der Waals surface area contributed by atoms with Crippen molar-refractivity contribution in [1.82, 2.24) is 9.88 Å². The van der Waals surface area contributed by atoms with Gasteiger partial charge in [-0.05, 0) is 60.5 Å². The number of likely N-dealkylation sites (tertiary alicyclic amines) is 1. The van der Waals surface area contributed by atoms with Gasteiger partial charge in [0.15, 0.2) is 0 Å². The molecule has 6 nitrogen and oxygen atoms in total. The van der Waals surface area contributed by atoms with Crippen molar-refractivity contribution in [2.75, 3.05) is 25.5 Å². The minimum absolute atomic E-state index is 0.0432. The van der Waals surface area contributed by atoms with Crippen LogP contribution in [-0.4, -0.2) is 41.1 Å². The topological polar surface area (TPSA) is 74.7 Å². The Hall–Kier alpha value is -2.83. The third-order valence-electron chi connectivity index (χ3n) is 5.55. The molecular weight excluding hydrogens is 402 g/mol. The van der Waals surface area contributed by atoms with Crippen molar-refractivity contribution >= 4 is 34.1 Å². The number of halogens is 1. The van der Waals surface area contributed by atoms with Crippen LogP contribution >= 0.6 is 11.6 Å². The monoisotopic (exact) mass is 425 g/mol. The molecule has 1 atom stereocenters. The Kier molecular flexibility index (Phi) is 6.06. The number of carbonyl (C=O) groups is 1. The summed E-state index contributed by atoms with van der Waals surface area (Å²) in [4.78, 5) is 19.1. The number of phenols is 1. The summed E-state index contributed by atoms with van der Waals surface area (Å²) >= 11 is 5.86. The van der Waals surface area contributed by atoms with Gasteiger partial charge in [-0.3, -0.25) is 9.69 Å². The molecule has 1 fully saturated rings. The Morgan fingerprint density at radius 1 is 1.30 bits per heavy atom. The highest BCUT2D eigenvalue weighted by Crippen LogP contribution is 2.32. The van der Waals surface area contributed by atoms with E-state index in [4.69, 9.17) is 16.3 Å². The van der Waals surface area contributed by atoms with Gasteiger partial charge in [-0.1, -0.05) is 23.7 Å². The van der Waals surface area contributed by atoms with Crippen LogP contribution in [0.25, 0.3) is 10.8 Å². The van der Waals surface area contributed by atoms with Crippen molar-refractivity contribution in [2.24, 2.45) is 5.92 Å². The van der Waals surface area contributed by atoms with E-state index in [0.717, 1.165) is 41.5 Å². The molecule has 2 N–H and O–H groups in total. The minimum Gasteiger partial charge on any atom is -0.508 e. The Balaban J connectivity index is 1.49. The van der Waals surface area contributed by atoms with E-state index in [0.29, 0.717) is 23.9 Å². The summed E-state index contributed by atoms with van der Waals surface area (Å²) in [6, 6.07) is 12.9. The number of nitrogens with one attached hydrogen (secondary N) is 1. The van der Waals surface area contributed by atoms with Gasteiger partial charge in [-0.2, -0.15) is 0 Å². The lowest BCUT2D eigenvalue weighted by Crippen LogP contribution is -2.40. The van der Waals surface area contributed by atoms with Crippen LogP contribution in [0, 0.1) is 5.92 Å². The van der Waals surface area contributed by atoms with E-state index in [1.165, 1.54) is 6.20 Å².